The molecule has 6 aromatic carbocycles. The fraction of sp³-hybridized carbons (Fsp3) is 0. The van der Waals surface area contributed by atoms with Crippen molar-refractivity contribution in [3.8, 4) is 0 Å². The van der Waals surface area contributed by atoms with Crippen molar-refractivity contribution < 1.29 is 85.1 Å². The topological polar surface area (TPSA) is 190 Å². The van der Waals surface area contributed by atoms with Crippen molar-refractivity contribution in [2.45, 2.75) is 9.79 Å². The summed E-state index contributed by atoms with van der Waals surface area (Å²) in [6, 6.07) is 27.1. The Labute approximate surface area is 302 Å². The Bertz CT molecular complexity index is 2390. The first-order valence-electron chi connectivity index (χ1n) is 12.6. The number of nitrogens with two attached hydrogens (primary N) is 1. The summed E-state index contributed by atoms with van der Waals surface area (Å²) in [4.78, 5) is -1.12. The SMILES string of the molecule is Nc1ccc(N=Nc2ccc(N=Nc3cc(S(=O)(=O)[O-])cc4ccc(S(=O)(=O)[O-])cc34)c3ccccc23)c2ccccc12.[Na+].[Na+]. The van der Waals surface area contributed by atoms with Crippen LogP contribution in [0.5, 0.6) is 0 Å². The van der Waals surface area contributed by atoms with Gasteiger partial charge in [0.15, 0.2) is 0 Å². The maximum absolute atomic E-state index is 11.8. The van der Waals surface area contributed by atoms with Crippen molar-refractivity contribution >= 4 is 81.0 Å². The summed E-state index contributed by atoms with van der Waals surface area (Å²) in [7, 11) is -9.70. The van der Waals surface area contributed by atoms with Gasteiger partial charge in [-0.15, -0.1) is 20.5 Å². The number of azo groups is 2. The quantitative estimate of drug-likeness (QED) is 0.121. The summed E-state index contributed by atoms with van der Waals surface area (Å²) < 4.78 is 70.2. The van der Waals surface area contributed by atoms with Crippen molar-refractivity contribution in [2.24, 2.45) is 20.5 Å². The van der Waals surface area contributed by atoms with Crippen molar-refractivity contribution in [1.82, 2.24) is 0 Å². The molecule has 214 valence electrons. The third kappa shape index (κ3) is 7.34. The Balaban J connectivity index is 0.00000230. The Hall–Kier alpha value is -3.08. The molecule has 6 aromatic rings. The fourth-order valence-electron chi connectivity index (χ4n) is 4.72. The first-order chi connectivity index (χ1) is 20.5. The normalized spacial score (nSPS) is 12.1. The predicted octanol–water partition coefficient (Wildman–Crippen LogP) is 1.38. The van der Waals surface area contributed by atoms with E-state index >= 15 is 0 Å². The van der Waals surface area contributed by atoms with Gasteiger partial charge in [-0.3, -0.25) is 0 Å². The molecule has 2 N–H and O–H groups in total. The van der Waals surface area contributed by atoms with Gasteiger partial charge in [0.25, 0.3) is 0 Å². The van der Waals surface area contributed by atoms with Crippen LogP contribution in [-0.4, -0.2) is 25.9 Å². The van der Waals surface area contributed by atoms with Crippen LogP contribution in [0.3, 0.4) is 0 Å². The third-order valence-electron chi connectivity index (χ3n) is 6.80. The minimum atomic E-state index is -4.89. The standard InChI is InChI=1S/C30H21N5O6S2.2Na/c31-26-11-12-27(22-6-2-1-5-21(22)26)32-33-28-13-14-29(24-8-4-3-7-23(24)28)34-35-30-17-20(43(39,40)41)15-18-9-10-19(16-25(18)30)42(36,37)38;;/h1-17H,31H2,(H,36,37,38)(H,39,40,41);;/q;2*+1/p-2. The molecular formula is C30H19N5Na2O6S2. The van der Waals surface area contributed by atoms with Gasteiger partial charge in [0.05, 0.1) is 32.5 Å². The average Bonchev–Trinajstić information content (AvgIpc) is 2.98. The molecule has 0 unspecified atom stereocenters. The number of hydrogen-bond acceptors (Lipinski definition) is 11. The molecule has 0 saturated heterocycles. The number of nitrogen functional groups attached to an aromatic ring is 1. The summed E-state index contributed by atoms with van der Waals surface area (Å²) in [5, 5.41) is 20.8. The Kier molecular flexibility index (Phi) is 10.6. The maximum atomic E-state index is 11.8. The summed E-state index contributed by atoms with van der Waals surface area (Å²) in [6.07, 6.45) is 0. The number of anilines is 1. The van der Waals surface area contributed by atoms with Gasteiger partial charge in [0.1, 0.15) is 20.2 Å². The second-order valence-corrected chi connectivity index (χ2v) is 12.3. The number of nitrogens with zero attached hydrogens (tertiary/aromatic N) is 4. The summed E-state index contributed by atoms with van der Waals surface area (Å²) in [6.45, 7) is 0. The van der Waals surface area contributed by atoms with Crippen LogP contribution in [-0.2, 0) is 20.2 Å². The molecule has 0 aromatic heterocycles. The minimum absolute atomic E-state index is 0. The molecule has 45 heavy (non-hydrogen) atoms. The summed E-state index contributed by atoms with van der Waals surface area (Å²) in [5.74, 6) is 0. The van der Waals surface area contributed by atoms with Gasteiger partial charge in [0, 0.05) is 32.6 Å². The molecule has 0 aliphatic carbocycles. The molecule has 0 saturated carbocycles. The van der Waals surface area contributed by atoms with E-state index in [1.165, 1.54) is 6.07 Å². The van der Waals surface area contributed by atoms with Crippen molar-refractivity contribution in [1.29, 1.82) is 0 Å². The Morgan fingerprint density at radius 3 is 1.42 bits per heavy atom. The van der Waals surface area contributed by atoms with E-state index in [0.717, 1.165) is 35.0 Å². The number of hydrogen-bond donors (Lipinski definition) is 1. The van der Waals surface area contributed by atoms with Gasteiger partial charge in [-0.2, -0.15) is 0 Å². The second-order valence-electron chi connectivity index (χ2n) is 9.50. The molecule has 0 atom stereocenters. The van der Waals surface area contributed by atoms with E-state index in [-0.39, 0.29) is 75.6 Å². The monoisotopic (exact) mass is 655 g/mol. The van der Waals surface area contributed by atoms with Crippen LogP contribution in [0.4, 0.5) is 28.4 Å². The van der Waals surface area contributed by atoms with E-state index in [0.29, 0.717) is 33.5 Å². The molecule has 0 heterocycles. The molecule has 0 aliphatic rings. The van der Waals surface area contributed by atoms with Crippen LogP contribution in [0.25, 0.3) is 32.3 Å². The van der Waals surface area contributed by atoms with Gasteiger partial charge >= 0.3 is 59.1 Å². The fourth-order valence-corrected chi connectivity index (χ4v) is 5.75. The predicted molar refractivity (Wildman–Crippen MR) is 161 cm³/mol. The van der Waals surface area contributed by atoms with Gasteiger partial charge in [-0.05, 0) is 53.9 Å². The van der Waals surface area contributed by atoms with Crippen LogP contribution < -0.4 is 64.8 Å². The molecule has 15 heteroatoms. The van der Waals surface area contributed by atoms with E-state index in [1.54, 1.807) is 36.4 Å². The molecular weight excluding hydrogens is 636 g/mol. The molecule has 0 amide bonds. The second kappa shape index (κ2) is 13.7. The number of rotatable bonds is 6. The van der Waals surface area contributed by atoms with Gasteiger partial charge in [-0.1, -0.05) is 54.6 Å². The number of fused-ring (bicyclic) bond motifs is 3. The zero-order valence-corrected chi connectivity index (χ0v) is 29.6. The first kappa shape index (κ1) is 34.8. The van der Waals surface area contributed by atoms with Crippen molar-refractivity contribution in [3.05, 3.63) is 103 Å². The van der Waals surface area contributed by atoms with E-state index < -0.39 is 30.0 Å². The zero-order chi connectivity index (χ0) is 30.4. The van der Waals surface area contributed by atoms with Gasteiger partial charge in [0.2, 0.25) is 0 Å². The largest absolute Gasteiger partial charge is 1.00 e. The smallest absolute Gasteiger partial charge is 0.744 e. The summed E-state index contributed by atoms with van der Waals surface area (Å²) in [5.41, 5.74) is 8.19. The van der Waals surface area contributed by atoms with Gasteiger partial charge in [-0.25, -0.2) is 16.8 Å². The van der Waals surface area contributed by atoms with E-state index in [9.17, 15) is 25.9 Å². The van der Waals surface area contributed by atoms with Crippen LogP contribution in [0.15, 0.2) is 133 Å². The molecule has 0 bridgehead atoms. The molecule has 0 aliphatic heterocycles. The van der Waals surface area contributed by atoms with Crippen LogP contribution in [0.1, 0.15) is 0 Å². The molecule has 0 spiro atoms. The molecule has 0 fully saturated rings. The van der Waals surface area contributed by atoms with Crippen molar-refractivity contribution in [3.63, 3.8) is 0 Å². The Morgan fingerprint density at radius 1 is 0.467 bits per heavy atom. The maximum Gasteiger partial charge on any atom is 1.00 e. The van der Waals surface area contributed by atoms with E-state index in [1.807, 2.05) is 36.4 Å². The van der Waals surface area contributed by atoms with Crippen LogP contribution in [0, 0.1) is 0 Å². The van der Waals surface area contributed by atoms with Crippen LogP contribution >= 0.6 is 0 Å². The first-order valence-corrected chi connectivity index (χ1v) is 15.4. The van der Waals surface area contributed by atoms with E-state index in [2.05, 4.69) is 20.5 Å². The molecule has 11 nitrogen and oxygen atoms in total. The third-order valence-corrected chi connectivity index (χ3v) is 8.44. The summed E-state index contributed by atoms with van der Waals surface area (Å²) >= 11 is 0. The van der Waals surface area contributed by atoms with Crippen molar-refractivity contribution in [2.75, 3.05) is 5.73 Å². The minimum Gasteiger partial charge on any atom is -0.744 e. The Morgan fingerprint density at radius 2 is 0.911 bits per heavy atom. The molecule has 6 rings (SSSR count). The number of benzene rings is 6. The average molecular weight is 656 g/mol. The zero-order valence-electron chi connectivity index (χ0n) is 23.9. The van der Waals surface area contributed by atoms with Gasteiger partial charge < -0.3 is 14.8 Å². The van der Waals surface area contributed by atoms with Crippen LogP contribution in [0.2, 0.25) is 0 Å². The van der Waals surface area contributed by atoms with E-state index in [4.69, 9.17) is 5.73 Å². The molecule has 0 radical (unpaired) electrons.